The molecule has 0 saturated carbocycles. The molecule has 0 bridgehead atoms. The number of methoxy groups -OCH3 is 1. The van der Waals surface area contributed by atoms with Crippen molar-refractivity contribution < 1.29 is 14.2 Å². The maximum atomic E-state index is 5.70. The summed E-state index contributed by atoms with van der Waals surface area (Å²) in [4.78, 5) is 0. The van der Waals surface area contributed by atoms with Crippen molar-refractivity contribution in [1.29, 1.82) is 0 Å². The van der Waals surface area contributed by atoms with E-state index >= 15 is 0 Å². The highest BCUT2D eigenvalue weighted by Crippen LogP contribution is 2.59. The van der Waals surface area contributed by atoms with Gasteiger partial charge >= 0.3 is 0 Å². The fourth-order valence-corrected chi connectivity index (χ4v) is 5.92. The minimum absolute atomic E-state index is 0.125. The van der Waals surface area contributed by atoms with Crippen molar-refractivity contribution in [2.75, 3.05) is 13.9 Å². The van der Waals surface area contributed by atoms with Crippen LogP contribution in [0.4, 0.5) is 0 Å². The summed E-state index contributed by atoms with van der Waals surface area (Å²) < 4.78 is 16.6. The molecule has 2 atom stereocenters. The molecule has 0 amide bonds. The van der Waals surface area contributed by atoms with E-state index in [4.69, 9.17) is 14.2 Å². The maximum Gasteiger partial charge on any atom is 0.231 e. The summed E-state index contributed by atoms with van der Waals surface area (Å²) in [6.45, 7) is 4.78. The highest BCUT2D eigenvalue weighted by molar-refractivity contribution is 8.77. The van der Waals surface area contributed by atoms with Gasteiger partial charge in [-0.25, -0.2) is 0 Å². The molecule has 1 saturated heterocycles. The molecule has 3 nitrogen and oxygen atoms in total. The van der Waals surface area contributed by atoms with E-state index in [1.807, 2.05) is 27.7 Å². The van der Waals surface area contributed by atoms with Gasteiger partial charge in [0.05, 0.1) is 11.4 Å². The fourth-order valence-electron chi connectivity index (χ4n) is 2.37. The lowest BCUT2D eigenvalue weighted by atomic mass is 9.97. The van der Waals surface area contributed by atoms with Gasteiger partial charge < -0.3 is 14.2 Å². The van der Waals surface area contributed by atoms with Crippen LogP contribution >= 0.6 is 21.6 Å². The molecule has 2 aliphatic rings. The molecule has 1 aromatic carbocycles. The Morgan fingerprint density at radius 1 is 1.28 bits per heavy atom. The van der Waals surface area contributed by atoms with Crippen LogP contribution in [0.3, 0.4) is 0 Å². The van der Waals surface area contributed by atoms with Gasteiger partial charge in [0.2, 0.25) is 6.79 Å². The number of benzene rings is 1. The summed E-state index contributed by atoms with van der Waals surface area (Å²) in [6, 6.07) is 6.17. The van der Waals surface area contributed by atoms with Crippen molar-refractivity contribution >= 4 is 21.6 Å². The van der Waals surface area contributed by atoms with Crippen LogP contribution in [0.25, 0.3) is 0 Å². The minimum atomic E-state index is 0.125. The van der Waals surface area contributed by atoms with E-state index in [-0.39, 0.29) is 10.9 Å². The van der Waals surface area contributed by atoms with E-state index in [0.29, 0.717) is 12.0 Å². The summed E-state index contributed by atoms with van der Waals surface area (Å²) in [5.41, 5.74) is 1.24. The second-order valence-electron chi connectivity index (χ2n) is 4.97. The Hall–Kier alpha value is -0.520. The fraction of sp³-hybridized carbons (Fsp3) is 0.538. The molecule has 0 N–H and O–H groups in total. The van der Waals surface area contributed by atoms with E-state index in [1.54, 1.807) is 7.11 Å². The third kappa shape index (κ3) is 1.98. The molecule has 0 spiro atoms. The first kappa shape index (κ1) is 12.5. The summed E-state index contributed by atoms with van der Waals surface area (Å²) in [5, 5.41) is 0.337. The molecular weight excluding hydrogens is 268 g/mol. The zero-order chi connectivity index (χ0) is 12.8. The normalized spacial score (nSPS) is 28.6. The van der Waals surface area contributed by atoms with Gasteiger partial charge in [0.15, 0.2) is 11.5 Å². The molecule has 5 heteroatoms. The Labute approximate surface area is 115 Å². The zero-order valence-corrected chi connectivity index (χ0v) is 12.3. The van der Waals surface area contributed by atoms with Gasteiger partial charge in [0.25, 0.3) is 0 Å². The van der Waals surface area contributed by atoms with Gasteiger partial charge in [-0.1, -0.05) is 27.7 Å². The molecule has 1 fully saturated rings. The lowest BCUT2D eigenvalue weighted by molar-refractivity contribution is 0.0791. The molecule has 1 aromatic rings. The predicted molar refractivity (Wildman–Crippen MR) is 75.4 cm³/mol. The summed E-state index contributed by atoms with van der Waals surface area (Å²) >= 11 is 0. The molecule has 3 rings (SSSR count). The van der Waals surface area contributed by atoms with Crippen molar-refractivity contribution in [3.05, 3.63) is 23.8 Å². The molecule has 98 valence electrons. The second kappa shape index (κ2) is 4.54. The topological polar surface area (TPSA) is 27.7 Å². The Balaban J connectivity index is 1.91. The molecule has 2 aliphatic heterocycles. The van der Waals surface area contributed by atoms with Gasteiger partial charge in [-0.3, -0.25) is 0 Å². The number of rotatable bonds is 2. The van der Waals surface area contributed by atoms with Crippen LogP contribution < -0.4 is 9.47 Å². The van der Waals surface area contributed by atoms with Crippen LogP contribution in [-0.2, 0) is 4.74 Å². The summed E-state index contributed by atoms with van der Waals surface area (Å²) in [5.74, 6) is 1.68. The van der Waals surface area contributed by atoms with Gasteiger partial charge in [-0.2, -0.15) is 0 Å². The van der Waals surface area contributed by atoms with E-state index < -0.39 is 0 Å². The second-order valence-corrected chi connectivity index (χ2v) is 7.97. The Morgan fingerprint density at radius 3 is 2.83 bits per heavy atom. The minimum Gasteiger partial charge on any atom is -0.454 e. The highest BCUT2D eigenvalue weighted by Gasteiger charge is 2.45. The van der Waals surface area contributed by atoms with Crippen LogP contribution in [-0.4, -0.2) is 24.8 Å². The first-order valence-corrected chi connectivity index (χ1v) is 8.10. The Kier molecular flexibility index (Phi) is 3.16. The van der Waals surface area contributed by atoms with Gasteiger partial charge in [0, 0.05) is 11.9 Å². The van der Waals surface area contributed by atoms with Crippen LogP contribution in [0.2, 0.25) is 0 Å². The molecule has 18 heavy (non-hydrogen) atoms. The number of fused-ring (bicyclic) bond motifs is 1. The third-order valence-electron chi connectivity index (χ3n) is 3.31. The van der Waals surface area contributed by atoms with Crippen molar-refractivity contribution in [3.63, 3.8) is 0 Å². The number of hydrogen-bond donors (Lipinski definition) is 0. The smallest absolute Gasteiger partial charge is 0.231 e. The average molecular weight is 284 g/mol. The number of hydrogen-bond acceptors (Lipinski definition) is 5. The lowest BCUT2D eigenvalue weighted by Crippen LogP contribution is -2.33. The molecule has 2 unspecified atom stereocenters. The Morgan fingerprint density at radius 2 is 2.06 bits per heavy atom. The molecule has 0 radical (unpaired) electrons. The molecular formula is C13H16O3S2. The lowest BCUT2D eigenvalue weighted by Gasteiger charge is -2.27. The van der Waals surface area contributed by atoms with Gasteiger partial charge in [-0.15, -0.1) is 0 Å². The molecule has 0 aromatic heterocycles. The Bertz CT molecular complexity index is 462. The van der Waals surface area contributed by atoms with Gasteiger partial charge in [-0.05, 0) is 31.5 Å². The van der Waals surface area contributed by atoms with Crippen LogP contribution in [0, 0.1) is 0 Å². The van der Waals surface area contributed by atoms with Crippen LogP contribution in [0.15, 0.2) is 18.2 Å². The highest BCUT2D eigenvalue weighted by atomic mass is 33.1. The average Bonchev–Trinajstić information content (AvgIpc) is 2.91. The molecule has 2 heterocycles. The van der Waals surface area contributed by atoms with E-state index in [0.717, 1.165) is 11.5 Å². The monoisotopic (exact) mass is 284 g/mol. The SMILES string of the molecule is COC1C(c2ccc3c(c2)OCO3)SSC1(C)C. The molecule has 0 aliphatic carbocycles. The number of ether oxygens (including phenoxy) is 3. The van der Waals surface area contributed by atoms with Crippen molar-refractivity contribution in [2.45, 2.75) is 29.9 Å². The first-order chi connectivity index (χ1) is 8.62. The van der Waals surface area contributed by atoms with E-state index in [2.05, 4.69) is 26.0 Å². The quantitative estimate of drug-likeness (QED) is 0.773. The predicted octanol–water partition coefficient (Wildman–Crippen LogP) is 3.65. The van der Waals surface area contributed by atoms with E-state index in [9.17, 15) is 0 Å². The van der Waals surface area contributed by atoms with E-state index in [1.165, 1.54) is 5.56 Å². The maximum absolute atomic E-state index is 5.70. The standard InChI is InChI=1S/C13H16O3S2/c1-13(2)12(14-3)11(17-18-13)8-4-5-9-10(6-8)16-7-15-9/h4-6,11-12H,7H2,1-3H3. The zero-order valence-electron chi connectivity index (χ0n) is 10.6. The van der Waals surface area contributed by atoms with Crippen LogP contribution in [0.1, 0.15) is 24.7 Å². The largest absolute Gasteiger partial charge is 0.454 e. The summed E-state index contributed by atoms with van der Waals surface area (Å²) in [6.07, 6.45) is 0.202. The first-order valence-electron chi connectivity index (χ1n) is 5.88. The van der Waals surface area contributed by atoms with Gasteiger partial charge in [0.1, 0.15) is 0 Å². The third-order valence-corrected chi connectivity index (χ3v) is 6.99. The summed E-state index contributed by atoms with van der Waals surface area (Å²) in [7, 11) is 5.55. The van der Waals surface area contributed by atoms with Crippen molar-refractivity contribution in [1.82, 2.24) is 0 Å². The van der Waals surface area contributed by atoms with Crippen molar-refractivity contribution in [2.24, 2.45) is 0 Å². The van der Waals surface area contributed by atoms with Crippen molar-refractivity contribution in [3.8, 4) is 11.5 Å². The van der Waals surface area contributed by atoms with Crippen LogP contribution in [0.5, 0.6) is 11.5 Å².